The Morgan fingerprint density at radius 2 is 2.12 bits per heavy atom. The summed E-state index contributed by atoms with van der Waals surface area (Å²) in [6.45, 7) is 3.29. The number of ketones is 1. The number of ether oxygens (including phenoxy) is 1. The molecule has 0 aromatic carbocycles. The molecule has 0 aromatic rings. The molecule has 1 amide bonds. The monoisotopic (exact) mass is 236 g/mol. The molecule has 1 fully saturated rings. The topological polar surface area (TPSA) is 59.0 Å². The van der Waals surface area contributed by atoms with Crippen molar-refractivity contribution in [3.05, 3.63) is 11.8 Å². The van der Waals surface area contributed by atoms with Gasteiger partial charge in [-0.25, -0.2) is 4.79 Å². The van der Waals surface area contributed by atoms with Gasteiger partial charge in [0, 0.05) is 32.6 Å². The molecule has 17 heavy (non-hydrogen) atoms. The van der Waals surface area contributed by atoms with E-state index < -0.39 is 0 Å². The number of rotatable bonds is 3. The highest BCUT2D eigenvalue weighted by Gasteiger charge is 2.20. The van der Waals surface area contributed by atoms with Crippen LogP contribution in [-0.2, 0) is 9.53 Å². The molecule has 2 aliphatic rings. The fourth-order valence-corrected chi connectivity index (χ4v) is 1.92. The Kier molecular flexibility index (Phi) is 3.56. The Hall–Kier alpha value is -1.65. The van der Waals surface area contributed by atoms with E-state index in [4.69, 9.17) is 4.74 Å². The van der Waals surface area contributed by atoms with E-state index in [2.05, 4.69) is 4.99 Å². The first-order chi connectivity index (χ1) is 8.16. The van der Waals surface area contributed by atoms with E-state index in [1.54, 1.807) is 11.1 Å². The van der Waals surface area contributed by atoms with Crippen LogP contribution in [0.1, 0.15) is 26.2 Å². The second-order valence-corrected chi connectivity index (χ2v) is 4.34. The van der Waals surface area contributed by atoms with Gasteiger partial charge in [-0.1, -0.05) is 0 Å². The summed E-state index contributed by atoms with van der Waals surface area (Å²) in [7, 11) is 0. The lowest BCUT2D eigenvalue weighted by Crippen LogP contribution is -2.28. The standard InChI is InChI=1S/C12H16N2O3/c1-9(15)11-6-10(7-13-11)8-17-12(16)14-4-2-3-5-14/h7H,2-6,8H2,1H3. The van der Waals surface area contributed by atoms with E-state index in [0.717, 1.165) is 31.5 Å². The van der Waals surface area contributed by atoms with Crippen molar-refractivity contribution >= 4 is 17.6 Å². The summed E-state index contributed by atoms with van der Waals surface area (Å²) >= 11 is 0. The van der Waals surface area contributed by atoms with Crippen LogP contribution in [0, 0.1) is 0 Å². The van der Waals surface area contributed by atoms with Gasteiger partial charge in [0.25, 0.3) is 0 Å². The largest absolute Gasteiger partial charge is 0.445 e. The molecule has 0 aromatic heterocycles. The normalized spacial score (nSPS) is 19.0. The van der Waals surface area contributed by atoms with Crippen molar-refractivity contribution in [2.45, 2.75) is 26.2 Å². The molecular formula is C12H16N2O3. The fraction of sp³-hybridized carbons (Fsp3) is 0.583. The summed E-state index contributed by atoms with van der Waals surface area (Å²) in [4.78, 5) is 28.4. The summed E-state index contributed by atoms with van der Waals surface area (Å²) in [5, 5.41) is 0. The van der Waals surface area contributed by atoms with Gasteiger partial charge in [0.2, 0.25) is 0 Å². The third-order valence-corrected chi connectivity index (χ3v) is 2.95. The van der Waals surface area contributed by atoms with Crippen LogP contribution >= 0.6 is 0 Å². The van der Waals surface area contributed by atoms with E-state index in [9.17, 15) is 9.59 Å². The molecule has 1 saturated heterocycles. The summed E-state index contributed by atoms with van der Waals surface area (Å²) in [6, 6.07) is 0. The number of amides is 1. The number of aliphatic imine (C=N–C) groups is 1. The van der Waals surface area contributed by atoms with Crippen molar-refractivity contribution in [1.82, 2.24) is 4.90 Å². The Morgan fingerprint density at radius 3 is 2.71 bits per heavy atom. The molecule has 0 aliphatic carbocycles. The van der Waals surface area contributed by atoms with Gasteiger partial charge in [-0.3, -0.25) is 9.79 Å². The second-order valence-electron chi connectivity index (χ2n) is 4.34. The zero-order valence-electron chi connectivity index (χ0n) is 9.94. The van der Waals surface area contributed by atoms with E-state index in [1.807, 2.05) is 0 Å². The summed E-state index contributed by atoms with van der Waals surface area (Å²) in [5.74, 6) is -0.0258. The molecule has 0 saturated carbocycles. The number of likely N-dealkylation sites (tertiary alicyclic amines) is 1. The lowest BCUT2D eigenvalue weighted by Gasteiger charge is -2.15. The first-order valence-corrected chi connectivity index (χ1v) is 5.84. The number of hydrogen-bond donors (Lipinski definition) is 0. The Morgan fingerprint density at radius 1 is 1.41 bits per heavy atom. The molecule has 0 radical (unpaired) electrons. The minimum Gasteiger partial charge on any atom is -0.445 e. The SMILES string of the molecule is CC(=O)C1=NC=C(COC(=O)N2CCCC2)C1. The third-order valence-electron chi connectivity index (χ3n) is 2.95. The molecule has 0 spiro atoms. The Bertz CT molecular complexity index is 393. The molecule has 2 rings (SSSR count). The van der Waals surface area contributed by atoms with E-state index in [1.165, 1.54) is 6.92 Å². The zero-order chi connectivity index (χ0) is 12.3. The van der Waals surface area contributed by atoms with Crippen molar-refractivity contribution in [2.24, 2.45) is 4.99 Å². The molecule has 0 bridgehead atoms. The maximum Gasteiger partial charge on any atom is 0.410 e. The molecule has 92 valence electrons. The predicted molar refractivity (Wildman–Crippen MR) is 63.0 cm³/mol. The summed E-state index contributed by atoms with van der Waals surface area (Å²) in [5.41, 5.74) is 1.42. The van der Waals surface area contributed by atoms with Crippen LogP contribution in [0.15, 0.2) is 16.8 Å². The van der Waals surface area contributed by atoms with Crippen molar-refractivity contribution in [3.8, 4) is 0 Å². The fourth-order valence-electron chi connectivity index (χ4n) is 1.92. The molecule has 2 heterocycles. The van der Waals surface area contributed by atoms with E-state index in [-0.39, 0.29) is 18.5 Å². The first kappa shape index (κ1) is 11.8. The number of carbonyl (C=O) groups excluding carboxylic acids is 2. The predicted octanol–water partition coefficient (Wildman–Crippen LogP) is 1.54. The smallest absolute Gasteiger partial charge is 0.410 e. The highest BCUT2D eigenvalue weighted by atomic mass is 16.6. The molecule has 5 nitrogen and oxygen atoms in total. The van der Waals surface area contributed by atoms with Gasteiger partial charge in [-0.2, -0.15) is 0 Å². The number of nitrogens with zero attached hydrogens (tertiary/aromatic N) is 2. The summed E-state index contributed by atoms with van der Waals surface area (Å²) in [6.07, 6.45) is 3.96. The average Bonchev–Trinajstić information content (AvgIpc) is 2.97. The van der Waals surface area contributed by atoms with E-state index >= 15 is 0 Å². The highest BCUT2D eigenvalue weighted by Crippen LogP contribution is 2.14. The quantitative estimate of drug-likeness (QED) is 0.746. The van der Waals surface area contributed by atoms with Gasteiger partial charge < -0.3 is 9.64 Å². The van der Waals surface area contributed by atoms with Gasteiger partial charge in [0.05, 0.1) is 5.71 Å². The van der Waals surface area contributed by atoms with Crippen molar-refractivity contribution in [3.63, 3.8) is 0 Å². The molecule has 2 aliphatic heterocycles. The van der Waals surface area contributed by atoms with Gasteiger partial charge in [-0.15, -0.1) is 0 Å². The third kappa shape index (κ3) is 2.93. The molecule has 0 atom stereocenters. The lowest BCUT2D eigenvalue weighted by molar-refractivity contribution is -0.111. The minimum absolute atomic E-state index is 0.0258. The molecular weight excluding hydrogens is 220 g/mol. The summed E-state index contributed by atoms with van der Waals surface area (Å²) < 4.78 is 5.17. The maximum absolute atomic E-state index is 11.6. The van der Waals surface area contributed by atoms with Gasteiger partial charge in [-0.05, 0) is 18.4 Å². The molecule has 0 N–H and O–H groups in total. The molecule has 0 unspecified atom stereocenters. The van der Waals surface area contributed by atoms with Crippen LogP contribution in [0.4, 0.5) is 4.79 Å². The number of Topliss-reactive ketones (excluding diaryl/α,β-unsaturated/α-hetero) is 1. The van der Waals surface area contributed by atoms with Crippen molar-refractivity contribution < 1.29 is 14.3 Å². The second kappa shape index (κ2) is 5.12. The highest BCUT2D eigenvalue weighted by molar-refractivity contribution is 6.40. The number of carbonyl (C=O) groups is 2. The van der Waals surface area contributed by atoms with Crippen molar-refractivity contribution in [2.75, 3.05) is 19.7 Å². The van der Waals surface area contributed by atoms with Crippen molar-refractivity contribution in [1.29, 1.82) is 0 Å². The van der Waals surface area contributed by atoms with Gasteiger partial charge in [0.1, 0.15) is 6.61 Å². The first-order valence-electron chi connectivity index (χ1n) is 5.84. The number of hydrogen-bond acceptors (Lipinski definition) is 4. The average molecular weight is 236 g/mol. The van der Waals surface area contributed by atoms with E-state index in [0.29, 0.717) is 12.1 Å². The minimum atomic E-state index is -0.264. The van der Waals surface area contributed by atoms with Crippen LogP contribution in [0.5, 0.6) is 0 Å². The van der Waals surface area contributed by atoms with Crippen LogP contribution in [0.25, 0.3) is 0 Å². The maximum atomic E-state index is 11.6. The van der Waals surface area contributed by atoms with Crippen LogP contribution in [-0.4, -0.2) is 42.2 Å². The Balaban J connectivity index is 1.73. The Labute approximate surface area is 100 Å². The van der Waals surface area contributed by atoms with Crippen LogP contribution in [0.2, 0.25) is 0 Å². The van der Waals surface area contributed by atoms with Crippen LogP contribution < -0.4 is 0 Å². The molecule has 5 heteroatoms. The van der Waals surface area contributed by atoms with Gasteiger partial charge >= 0.3 is 6.09 Å². The lowest BCUT2D eigenvalue weighted by atomic mass is 10.1. The van der Waals surface area contributed by atoms with Crippen LogP contribution in [0.3, 0.4) is 0 Å². The zero-order valence-corrected chi connectivity index (χ0v) is 9.94. The van der Waals surface area contributed by atoms with Gasteiger partial charge in [0.15, 0.2) is 5.78 Å².